The minimum Gasteiger partial charge on any atom is -0.349 e. The van der Waals surface area contributed by atoms with Crippen molar-refractivity contribution < 1.29 is 9.53 Å². The number of nitrogens with one attached hydrogen (secondary N) is 1. The lowest BCUT2D eigenvalue weighted by Crippen LogP contribution is -2.41. The van der Waals surface area contributed by atoms with Crippen molar-refractivity contribution in [3.05, 3.63) is 60.6 Å². The first-order valence-electron chi connectivity index (χ1n) is 10.1. The number of para-hydroxylation sites is 1. The maximum Gasteiger partial charge on any atom is 0.225 e. The summed E-state index contributed by atoms with van der Waals surface area (Å²) >= 11 is 0. The van der Waals surface area contributed by atoms with Gasteiger partial charge < -0.3 is 15.0 Å². The predicted molar refractivity (Wildman–Crippen MR) is 115 cm³/mol. The molecule has 1 unspecified atom stereocenters. The SMILES string of the molecule is CC(C)[C@H]1COC(C=O)N1c1ccnc(N[C@H](C)c2cnn(-c3ccccc3)c2)n1. The summed E-state index contributed by atoms with van der Waals surface area (Å²) in [7, 11) is 0. The Hall–Kier alpha value is -3.26. The van der Waals surface area contributed by atoms with Gasteiger partial charge in [-0.1, -0.05) is 32.0 Å². The summed E-state index contributed by atoms with van der Waals surface area (Å²) in [6.07, 6.45) is 5.71. The highest BCUT2D eigenvalue weighted by Crippen LogP contribution is 2.28. The summed E-state index contributed by atoms with van der Waals surface area (Å²) in [5, 5.41) is 7.78. The van der Waals surface area contributed by atoms with Crippen LogP contribution < -0.4 is 10.2 Å². The molecule has 1 aromatic carbocycles. The lowest BCUT2D eigenvalue weighted by atomic mass is 10.0. The van der Waals surface area contributed by atoms with Crippen LogP contribution in [0, 0.1) is 5.92 Å². The van der Waals surface area contributed by atoms with Gasteiger partial charge in [-0.25, -0.2) is 9.67 Å². The Labute approximate surface area is 175 Å². The highest BCUT2D eigenvalue weighted by molar-refractivity contribution is 5.64. The van der Waals surface area contributed by atoms with Crippen molar-refractivity contribution in [2.75, 3.05) is 16.8 Å². The van der Waals surface area contributed by atoms with Crippen LogP contribution in [-0.2, 0) is 9.53 Å². The zero-order valence-electron chi connectivity index (χ0n) is 17.3. The second-order valence-corrected chi connectivity index (χ2v) is 7.74. The van der Waals surface area contributed by atoms with Crippen LogP contribution in [0.25, 0.3) is 5.69 Å². The molecule has 1 aliphatic rings. The number of ether oxygens (including phenoxy) is 1. The maximum atomic E-state index is 11.5. The molecule has 1 N–H and O–H groups in total. The molecule has 4 rings (SSSR count). The third-order valence-corrected chi connectivity index (χ3v) is 5.33. The topological polar surface area (TPSA) is 85.2 Å². The van der Waals surface area contributed by atoms with E-state index in [9.17, 15) is 4.79 Å². The Morgan fingerprint density at radius 3 is 2.73 bits per heavy atom. The first-order valence-corrected chi connectivity index (χ1v) is 10.1. The molecule has 156 valence electrons. The van der Waals surface area contributed by atoms with E-state index in [-0.39, 0.29) is 12.1 Å². The van der Waals surface area contributed by atoms with E-state index >= 15 is 0 Å². The van der Waals surface area contributed by atoms with Crippen LogP contribution in [0.5, 0.6) is 0 Å². The summed E-state index contributed by atoms with van der Waals surface area (Å²) in [4.78, 5) is 22.4. The van der Waals surface area contributed by atoms with Gasteiger partial charge in [0.1, 0.15) is 5.82 Å². The zero-order valence-corrected chi connectivity index (χ0v) is 17.3. The average molecular weight is 406 g/mol. The van der Waals surface area contributed by atoms with Gasteiger partial charge in [0.15, 0.2) is 12.5 Å². The van der Waals surface area contributed by atoms with E-state index in [0.29, 0.717) is 24.3 Å². The van der Waals surface area contributed by atoms with Gasteiger partial charge in [-0.2, -0.15) is 10.1 Å². The van der Waals surface area contributed by atoms with Crippen molar-refractivity contribution in [3.8, 4) is 5.69 Å². The van der Waals surface area contributed by atoms with Crippen LogP contribution in [0.4, 0.5) is 11.8 Å². The van der Waals surface area contributed by atoms with Gasteiger partial charge in [0, 0.05) is 18.0 Å². The van der Waals surface area contributed by atoms with E-state index < -0.39 is 6.23 Å². The third-order valence-electron chi connectivity index (χ3n) is 5.33. The molecule has 0 spiro atoms. The molecule has 0 saturated carbocycles. The Bertz CT molecular complexity index is 990. The number of carbonyl (C=O) groups is 1. The Morgan fingerprint density at radius 1 is 1.20 bits per heavy atom. The number of nitrogens with zero attached hydrogens (tertiary/aromatic N) is 5. The number of carbonyl (C=O) groups excluding carboxylic acids is 1. The standard InChI is InChI=1S/C22H26N6O2/c1-15(2)19-14-30-21(13-29)28(19)20-9-10-23-22(26-20)25-16(3)17-11-24-27(12-17)18-7-5-4-6-8-18/h4-13,15-16,19,21H,14H2,1-3H3,(H,23,25,26)/t16-,19-,21?/m1/s1. The molecule has 0 radical (unpaired) electrons. The maximum absolute atomic E-state index is 11.5. The van der Waals surface area contributed by atoms with Gasteiger partial charge in [0.2, 0.25) is 5.95 Å². The zero-order chi connectivity index (χ0) is 21.1. The molecule has 30 heavy (non-hydrogen) atoms. The lowest BCUT2D eigenvalue weighted by molar-refractivity contribution is -0.115. The van der Waals surface area contributed by atoms with Crippen molar-refractivity contribution in [3.63, 3.8) is 0 Å². The van der Waals surface area contributed by atoms with Crippen molar-refractivity contribution in [2.24, 2.45) is 5.92 Å². The molecular weight excluding hydrogens is 380 g/mol. The number of hydrogen-bond acceptors (Lipinski definition) is 7. The highest BCUT2D eigenvalue weighted by Gasteiger charge is 2.37. The van der Waals surface area contributed by atoms with Gasteiger partial charge in [-0.3, -0.25) is 4.79 Å². The predicted octanol–water partition coefficient (Wildman–Crippen LogP) is 3.22. The van der Waals surface area contributed by atoms with Crippen molar-refractivity contribution in [2.45, 2.75) is 39.1 Å². The monoisotopic (exact) mass is 406 g/mol. The number of aromatic nitrogens is 4. The minimum atomic E-state index is -0.623. The van der Waals surface area contributed by atoms with Gasteiger partial charge in [0.05, 0.1) is 30.6 Å². The van der Waals surface area contributed by atoms with E-state index in [4.69, 9.17) is 4.74 Å². The molecule has 8 heteroatoms. The van der Waals surface area contributed by atoms with E-state index in [1.807, 2.05) is 65.3 Å². The molecule has 3 aromatic rings. The Kier molecular flexibility index (Phi) is 5.76. The molecule has 2 aromatic heterocycles. The third kappa shape index (κ3) is 4.04. The summed E-state index contributed by atoms with van der Waals surface area (Å²) < 4.78 is 7.49. The van der Waals surface area contributed by atoms with Crippen LogP contribution in [0.15, 0.2) is 55.0 Å². The highest BCUT2D eigenvalue weighted by atomic mass is 16.5. The lowest BCUT2D eigenvalue weighted by Gasteiger charge is -2.29. The van der Waals surface area contributed by atoms with Gasteiger partial charge in [0.25, 0.3) is 0 Å². The van der Waals surface area contributed by atoms with E-state index in [2.05, 4.69) is 34.2 Å². The molecule has 3 heterocycles. The fourth-order valence-electron chi connectivity index (χ4n) is 3.59. The van der Waals surface area contributed by atoms with Crippen LogP contribution in [0.1, 0.15) is 32.4 Å². The Balaban J connectivity index is 1.52. The largest absolute Gasteiger partial charge is 0.349 e. The second-order valence-electron chi connectivity index (χ2n) is 7.74. The van der Waals surface area contributed by atoms with Crippen molar-refractivity contribution >= 4 is 18.1 Å². The molecule has 1 aliphatic heterocycles. The van der Waals surface area contributed by atoms with E-state index in [1.54, 1.807) is 6.20 Å². The van der Waals surface area contributed by atoms with E-state index in [0.717, 1.165) is 17.5 Å². The fraction of sp³-hybridized carbons (Fsp3) is 0.364. The van der Waals surface area contributed by atoms with Gasteiger partial charge in [-0.15, -0.1) is 0 Å². The first-order chi connectivity index (χ1) is 14.6. The molecule has 1 fully saturated rings. The molecule has 1 saturated heterocycles. The number of rotatable bonds is 7. The quantitative estimate of drug-likeness (QED) is 0.603. The summed E-state index contributed by atoms with van der Waals surface area (Å²) in [5.41, 5.74) is 2.02. The van der Waals surface area contributed by atoms with Crippen molar-refractivity contribution in [1.29, 1.82) is 0 Å². The summed E-state index contributed by atoms with van der Waals surface area (Å²) in [6, 6.07) is 11.8. The number of benzene rings is 1. The van der Waals surface area contributed by atoms with Crippen LogP contribution in [0.3, 0.4) is 0 Å². The summed E-state index contributed by atoms with van der Waals surface area (Å²) in [6.45, 7) is 6.76. The van der Waals surface area contributed by atoms with Gasteiger partial charge in [-0.05, 0) is 31.0 Å². The normalized spacial score (nSPS) is 19.8. The molecule has 0 bridgehead atoms. The molecular formula is C22H26N6O2. The van der Waals surface area contributed by atoms with E-state index in [1.165, 1.54) is 0 Å². The number of anilines is 2. The minimum absolute atomic E-state index is 0.0460. The van der Waals surface area contributed by atoms with Crippen LogP contribution in [-0.4, -0.2) is 44.9 Å². The smallest absolute Gasteiger partial charge is 0.225 e. The Morgan fingerprint density at radius 2 is 2.00 bits per heavy atom. The van der Waals surface area contributed by atoms with Crippen LogP contribution in [0.2, 0.25) is 0 Å². The number of hydrogen-bond donors (Lipinski definition) is 1. The molecule has 8 nitrogen and oxygen atoms in total. The molecule has 3 atom stereocenters. The van der Waals surface area contributed by atoms with Gasteiger partial charge >= 0.3 is 0 Å². The van der Waals surface area contributed by atoms with Crippen molar-refractivity contribution in [1.82, 2.24) is 19.7 Å². The average Bonchev–Trinajstić information content (AvgIpc) is 3.42. The summed E-state index contributed by atoms with van der Waals surface area (Å²) in [5.74, 6) is 1.49. The molecule has 0 amide bonds. The fourth-order valence-corrected chi connectivity index (χ4v) is 3.59. The first kappa shape index (κ1) is 20.0. The number of aldehydes is 1. The second kappa shape index (κ2) is 8.62. The molecule has 0 aliphatic carbocycles. The van der Waals surface area contributed by atoms with Crippen LogP contribution >= 0.6 is 0 Å².